The molecule has 20 heavy (non-hydrogen) atoms. The maximum absolute atomic E-state index is 12.1. The highest BCUT2D eigenvalue weighted by atomic mass is 32.2. The van der Waals surface area contributed by atoms with Crippen LogP contribution in [0, 0.1) is 6.92 Å². The summed E-state index contributed by atoms with van der Waals surface area (Å²) in [6.07, 6.45) is 0. The number of phenols is 1. The number of phenolic OH excluding ortho intramolecular Hbond substituents is 1. The van der Waals surface area contributed by atoms with Crippen LogP contribution in [0.15, 0.2) is 35.2 Å². The number of hydrogen-bond acceptors (Lipinski definition) is 6. The van der Waals surface area contributed by atoms with Gasteiger partial charge in [0.05, 0.1) is 7.11 Å². The number of hydrogen-bond donors (Lipinski definition) is 2. The van der Waals surface area contributed by atoms with Crippen LogP contribution in [0.5, 0.6) is 11.6 Å². The van der Waals surface area contributed by atoms with Gasteiger partial charge in [0.25, 0.3) is 10.0 Å². The van der Waals surface area contributed by atoms with E-state index in [1.165, 1.54) is 31.4 Å². The number of ether oxygens (including phenoxy) is 1. The molecule has 0 aliphatic rings. The van der Waals surface area contributed by atoms with Crippen molar-refractivity contribution in [1.82, 2.24) is 9.97 Å². The molecule has 0 spiro atoms. The van der Waals surface area contributed by atoms with E-state index in [-0.39, 0.29) is 22.5 Å². The topological polar surface area (TPSA) is 101 Å². The summed E-state index contributed by atoms with van der Waals surface area (Å²) < 4.78 is 31.4. The van der Waals surface area contributed by atoms with E-state index in [9.17, 15) is 13.5 Å². The summed E-state index contributed by atoms with van der Waals surface area (Å²) in [5, 5.41) is 9.59. The number of nitrogens with one attached hydrogen (secondary N) is 1. The van der Waals surface area contributed by atoms with Crippen molar-refractivity contribution in [1.29, 1.82) is 0 Å². The fourth-order valence-corrected chi connectivity index (χ4v) is 2.59. The minimum Gasteiger partial charge on any atom is -0.507 e. The van der Waals surface area contributed by atoms with Crippen molar-refractivity contribution in [2.45, 2.75) is 11.8 Å². The molecular formula is C12H13N3O4S. The van der Waals surface area contributed by atoms with E-state index in [1.54, 1.807) is 13.0 Å². The predicted molar refractivity (Wildman–Crippen MR) is 72.2 cm³/mol. The molecule has 0 unspecified atom stereocenters. The fraction of sp³-hybridized carbons (Fsp3) is 0.167. The maximum atomic E-state index is 12.1. The van der Waals surface area contributed by atoms with Crippen molar-refractivity contribution in [2.24, 2.45) is 0 Å². The van der Waals surface area contributed by atoms with E-state index >= 15 is 0 Å². The van der Waals surface area contributed by atoms with E-state index in [4.69, 9.17) is 4.74 Å². The van der Waals surface area contributed by atoms with E-state index in [1.807, 2.05) is 0 Å². The molecule has 0 bridgehead atoms. The number of aromatic nitrogens is 2. The van der Waals surface area contributed by atoms with Crippen LogP contribution in [0.4, 0.5) is 5.95 Å². The lowest BCUT2D eigenvalue weighted by atomic mass is 10.3. The lowest BCUT2D eigenvalue weighted by Crippen LogP contribution is -2.15. The third kappa shape index (κ3) is 2.97. The number of rotatable bonds is 4. The summed E-state index contributed by atoms with van der Waals surface area (Å²) in [7, 11) is -2.55. The molecule has 8 heteroatoms. The van der Waals surface area contributed by atoms with Crippen LogP contribution in [0.1, 0.15) is 5.69 Å². The Morgan fingerprint density at radius 2 is 1.95 bits per heavy atom. The summed E-state index contributed by atoms with van der Waals surface area (Å²) in [6, 6.07) is 7.17. The first-order chi connectivity index (χ1) is 9.42. The molecule has 0 saturated carbocycles. The fourth-order valence-electron chi connectivity index (χ4n) is 1.55. The molecule has 2 aromatic rings. The molecule has 0 atom stereocenters. The van der Waals surface area contributed by atoms with E-state index in [0.29, 0.717) is 5.69 Å². The minimum atomic E-state index is -3.97. The number of benzene rings is 1. The predicted octanol–water partition coefficient (Wildman–Crippen LogP) is 1.30. The van der Waals surface area contributed by atoms with Crippen molar-refractivity contribution in [3.05, 3.63) is 36.0 Å². The summed E-state index contributed by atoms with van der Waals surface area (Å²) in [6.45, 7) is 1.68. The third-order valence-corrected chi connectivity index (χ3v) is 3.80. The number of aromatic hydroxyl groups is 1. The second-order valence-electron chi connectivity index (χ2n) is 3.95. The maximum Gasteiger partial charge on any atom is 0.267 e. The Bertz CT molecular complexity index is 731. The molecule has 7 nitrogen and oxygen atoms in total. The molecule has 2 N–H and O–H groups in total. The number of sulfonamides is 1. The minimum absolute atomic E-state index is 0.120. The van der Waals surface area contributed by atoms with Gasteiger partial charge in [0.2, 0.25) is 11.8 Å². The zero-order valence-electron chi connectivity index (χ0n) is 10.9. The molecule has 0 aliphatic heterocycles. The van der Waals surface area contributed by atoms with Gasteiger partial charge < -0.3 is 9.84 Å². The van der Waals surface area contributed by atoms with Crippen LogP contribution >= 0.6 is 0 Å². The smallest absolute Gasteiger partial charge is 0.267 e. The number of methoxy groups -OCH3 is 1. The monoisotopic (exact) mass is 295 g/mol. The average Bonchev–Trinajstić information content (AvgIpc) is 2.37. The Morgan fingerprint density at radius 3 is 2.60 bits per heavy atom. The Morgan fingerprint density at radius 1 is 1.25 bits per heavy atom. The number of aryl methyl sites for hydroxylation is 1. The van der Waals surface area contributed by atoms with Crippen LogP contribution in [-0.2, 0) is 10.0 Å². The van der Waals surface area contributed by atoms with Crippen LogP contribution in [0.3, 0.4) is 0 Å². The Kier molecular flexibility index (Phi) is 3.75. The molecule has 0 fully saturated rings. The second kappa shape index (κ2) is 5.33. The third-order valence-electron chi connectivity index (χ3n) is 2.42. The summed E-state index contributed by atoms with van der Waals surface area (Å²) in [5.74, 6) is -0.225. The SMILES string of the molecule is COc1cc(C)nc(NS(=O)(=O)c2ccccc2O)n1. The molecule has 1 aromatic heterocycles. The molecule has 0 aliphatic carbocycles. The zero-order chi connectivity index (χ0) is 14.8. The molecule has 106 valence electrons. The van der Waals surface area contributed by atoms with Crippen molar-refractivity contribution in [2.75, 3.05) is 11.8 Å². The van der Waals surface area contributed by atoms with Crippen molar-refractivity contribution in [3.8, 4) is 11.6 Å². The van der Waals surface area contributed by atoms with Gasteiger partial charge in [-0.15, -0.1) is 0 Å². The molecule has 0 saturated heterocycles. The van der Waals surface area contributed by atoms with Gasteiger partial charge in [-0.05, 0) is 19.1 Å². The largest absolute Gasteiger partial charge is 0.507 e. The zero-order valence-corrected chi connectivity index (χ0v) is 11.7. The first-order valence-electron chi connectivity index (χ1n) is 5.63. The standard InChI is InChI=1S/C12H13N3O4S/c1-8-7-11(19-2)14-12(13-8)15-20(17,18)10-6-4-3-5-9(10)16/h3-7,16H,1-2H3,(H,13,14,15). The lowest BCUT2D eigenvalue weighted by Gasteiger charge is -2.09. The van der Waals surface area contributed by atoms with Gasteiger partial charge in [0.15, 0.2) is 0 Å². The van der Waals surface area contributed by atoms with Crippen LogP contribution in [0.25, 0.3) is 0 Å². The number of anilines is 1. The molecule has 1 heterocycles. The van der Waals surface area contributed by atoms with Crippen LogP contribution < -0.4 is 9.46 Å². The average molecular weight is 295 g/mol. The van der Waals surface area contributed by atoms with Gasteiger partial charge in [-0.3, -0.25) is 0 Å². The van der Waals surface area contributed by atoms with Crippen LogP contribution in [0.2, 0.25) is 0 Å². The highest BCUT2D eigenvalue weighted by Crippen LogP contribution is 2.23. The van der Waals surface area contributed by atoms with E-state index < -0.39 is 10.0 Å². The quantitative estimate of drug-likeness (QED) is 0.881. The Labute approximate surface area is 116 Å². The van der Waals surface area contributed by atoms with Gasteiger partial charge in [0, 0.05) is 11.8 Å². The molecular weight excluding hydrogens is 282 g/mol. The molecule has 0 radical (unpaired) electrons. The van der Waals surface area contributed by atoms with E-state index in [0.717, 1.165) is 0 Å². The summed E-state index contributed by atoms with van der Waals surface area (Å²) in [5.41, 5.74) is 0.548. The molecule has 1 aromatic carbocycles. The Hall–Kier alpha value is -2.35. The second-order valence-corrected chi connectivity index (χ2v) is 5.60. The van der Waals surface area contributed by atoms with Gasteiger partial charge in [-0.25, -0.2) is 18.1 Å². The summed E-state index contributed by atoms with van der Waals surface area (Å²) >= 11 is 0. The van der Waals surface area contributed by atoms with Gasteiger partial charge in [-0.2, -0.15) is 4.98 Å². The van der Waals surface area contributed by atoms with Crippen molar-refractivity contribution < 1.29 is 18.3 Å². The Balaban J connectivity index is 2.38. The van der Waals surface area contributed by atoms with Gasteiger partial charge >= 0.3 is 0 Å². The first-order valence-corrected chi connectivity index (χ1v) is 7.11. The van der Waals surface area contributed by atoms with Crippen LogP contribution in [-0.4, -0.2) is 30.6 Å². The summed E-state index contributed by atoms with van der Waals surface area (Å²) in [4.78, 5) is 7.60. The lowest BCUT2D eigenvalue weighted by molar-refractivity contribution is 0.397. The highest BCUT2D eigenvalue weighted by molar-refractivity contribution is 7.92. The number of para-hydroxylation sites is 1. The highest BCUT2D eigenvalue weighted by Gasteiger charge is 2.19. The number of nitrogens with zero attached hydrogens (tertiary/aromatic N) is 2. The molecule has 2 rings (SSSR count). The van der Waals surface area contributed by atoms with Crippen molar-refractivity contribution >= 4 is 16.0 Å². The van der Waals surface area contributed by atoms with Gasteiger partial charge in [0.1, 0.15) is 10.6 Å². The first kappa shape index (κ1) is 14.1. The van der Waals surface area contributed by atoms with E-state index in [2.05, 4.69) is 14.7 Å². The van der Waals surface area contributed by atoms with Gasteiger partial charge in [-0.1, -0.05) is 12.1 Å². The van der Waals surface area contributed by atoms with Crippen molar-refractivity contribution in [3.63, 3.8) is 0 Å². The normalized spacial score (nSPS) is 11.1. The molecule has 0 amide bonds.